The van der Waals surface area contributed by atoms with E-state index in [0.29, 0.717) is 11.6 Å². The van der Waals surface area contributed by atoms with E-state index in [-0.39, 0.29) is 12.1 Å². The van der Waals surface area contributed by atoms with Crippen LogP contribution in [0.5, 0.6) is 0 Å². The molecule has 0 spiro atoms. The van der Waals surface area contributed by atoms with Gasteiger partial charge in [-0.05, 0) is 29.8 Å². The summed E-state index contributed by atoms with van der Waals surface area (Å²) in [7, 11) is -4.08. The minimum absolute atomic E-state index is 0.0453. The molecule has 0 amide bonds. The van der Waals surface area contributed by atoms with Gasteiger partial charge in [0.1, 0.15) is 10.7 Å². The van der Waals surface area contributed by atoms with Gasteiger partial charge in [0, 0.05) is 18.9 Å². The smallest absolute Gasteiger partial charge is 0.335 e. The molecule has 0 aliphatic rings. The summed E-state index contributed by atoms with van der Waals surface area (Å²) in [5.74, 6) is -2.45. The number of benzene rings is 1. The highest BCUT2D eigenvalue weighted by molar-refractivity contribution is 7.89. The van der Waals surface area contributed by atoms with Crippen molar-refractivity contribution in [3.63, 3.8) is 0 Å². The summed E-state index contributed by atoms with van der Waals surface area (Å²) in [4.78, 5) is 13.9. The Hall–Kier alpha value is -2.32. The van der Waals surface area contributed by atoms with Crippen LogP contribution in [0.15, 0.2) is 47.6 Å². The Balaban J connectivity index is 2.22. The van der Waals surface area contributed by atoms with Crippen LogP contribution in [0.3, 0.4) is 0 Å². The molecule has 0 unspecified atom stereocenters. The number of carbonyl (C=O) groups is 1. The minimum Gasteiger partial charge on any atom is -0.478 e. The Morgan fingerprint density at radius 1 is 1.33 bits per heavy atom. The van der Waals surface area contributed by atoms with Crippen LogP contribution in [0, 0.1) is 5.82 Å². The first kappa shape index (κ1) is 15.1. The van der Waals surface area contributed by atoms with E-state index in [1.54, 1.807) is 18.3 Å². The standard InChI is InChI=1S/C13H11FN2O4S/c14-11-6-10(13(17)18)3-4-12(11)21(19,20)16-8-9-2-1-5-15-7-9/h1-7,16H,8H2,(H,17,18). The maximum absolute atomic E-state index is 13.7. The molecular weight excluding hydrogens is 299 g/mol. The monoisotopic (exact) mass is 310 g/mol. The molecule has 2 N–H and O–H groups in total. The summed E-state index contributed by atoms with van der Waals surface area (Å²) in [5, 5.41) is 8.72. The summed E-state index contributed by atoms with van der Waals surface area (Å²) < 4.78 is 39.9. The molecule has 0 radical (unpaired) electrons. The summed E-state index contributed by atoms with van der Waals surface area (Å²) in [6.45, 7) is -0.0453. The van der Waals surface area contributed by atoms with Gasteiger partial charge in [0.25, 0.3) is 0 Å². The molecule has 110 valence electrons. The fraction of sp³-hybridized carbons (Fsp3) is 0.0769. The summed E-state index contributed by atoms with van der Waals surface area (Å²) in [5.41, 5.74) is 0.294. The van der Waals surface area contributed by atoms with Gasteiger partial charge in [-0.15, -0.1) is 0 Å². The summed E-state index contributed by atoms with van der Waals surface area (Å²) in [6.07, 6.45) is 3.02. The third-order valence-electron chi connectivity index (χ3n) is 2.66. The van der Waals surface area contributed by atoms with Crippen LogP contribution >= 0.6 is 0 Å². The molecule has 0 fully saturated rings. The average molecular weight is 310 g/mol. The third kappa shape index (κ3) is 3.61. The number of pyridine rings is 1. The van der Waals surface area contributed by atoms with Crippen molar-refractivity contribution in [3.05, 3.63) is 59.7 Å². The van der Waals surface area contributed by atoms with Crippen molar-refractivity contribution >= 4 is 16.0 Å². The van der Waals surface area contributed by atoms with Crippen molar-refractivity contribution in [3.8, 4) is 0 Å². The number of nitrogens with one attached hydrogen (secondary N) is 1. The maximum atomic E-state index is 13.7. The number of hydrogen-bond acceptors (Lipinski definition) is 4. The molecule has 6 nitrogen and oxygen atoms in total. The second-order valence-electron chi connectivity index (χ2n) is 4.14. The predicted octanol–water partition coefficient (Wildman–Crippen LogP) is 1.40. The summed E-state index contributed by atoms with van der Waals surface area (Å²) >= 11 is 0. The zero-order chi connectivity index (χ0) is 15.5. The first-order valence-electron chi connectivity index (χ1n) is 5.81. The van der Waals surface area contributed by atoms with Crippen molar-refractivity contribution in [1.29, 1.82) is 0 Å². The first-order valence-corrected chi connectivity index (χ1v) is 7.30. The molecule has 0 saturated heterocycles. The highest BCUT2D eigenvalue weighted by atomic mass is 32.2. The Morgan fingerprint density at radius 2 is 2.10 bits per heavy atom. The quantitative estimate of drug-likeness (QED) is 0.870. The number of nitrogens with zero attached hydrogens (tertiary/aromatic N) is 1. The van der Waals surface area contributed by atoms with Crippen LogP contribution in [0.25, 0.3) is 0 Å². The minimum atomic E-state index is -4.08. The van der Waals surface area contributed by atoms with Gasteiger partial charge in [-0.1, -0.05) is 6.07 Å². The SMILES string of the molecule is O=C(O)c1ccc(S(=O)(=O)NCc2cccnc2)c(F)c1. The second-order valence-corrected chi connectivity index (χ2v) is 5.87. The highest BCUT2D eigenvalue weighted by Crippen LogP contribution is 2.16. The largest absolute Gasteiger partial charge is 0.478 e. The van der Waals surface area contributed by atoms with Gasteiger partial charge in [0.15, 0.2) is 0 Å². The molecule has 2 aromatic rings. The number of halogens is 1. The molecule has 0 aliphatic carbocycles. The van der Waals surface area contributed by atoms with Crippen molar-refractivity contribution in [2.24, 2.45) is 0 Å². The van der Waals surface area contributed by atoms with Crippen LogP contribution in [-0.4, -0.2) is 24.5 Å². The van der Waals surface area contributed by atoms with Gasteiger partial charge < -0.3 is 5.11 Å². The summed E-state index contributed by atoms with van der Waals surface area (Å²) in [6, 6.07) is 5.93. The lowest BCUT2D eigenvalue weighted by Crippen LogP contribution is -2.24. The molecule has 0 bridgehead atoms. The topological polar surface area (TPSA) is 96.4 Å². The van der Waals surface area contributed by atoms with Gasteiger partial charge in [0.2, 0.25) is 10.0 Å². The molecule has 8 heteroatoms. The molecular formula is C13H11FN2O4S. The molecule has 2 rings (SSSR count). The van der Waals surface area contributed by atoms with E-state index in [0.717, 1.165) is 12.1 Å². The number of carboxylic acid groups (broad SMARTS) is 1. The Labute approximate surface area is 120 Å². The number of aromatic carboxylic acids is 1. The first-order chi connectivity index (χ1) is 9.90. The zero-order valence-electron chi connectivity index (χ0n) is 10.7. The molecule has 1 aromatic carbocycles. The van der Waals surface area contributed by atoms with Crippen molar-refractivity contribution in [2.45, 2.75) is 11.4 Å². The second kappa shape index (κ2) is 5.98. The number of sulfonamides is 1. The molecule has 0 atom stereocenters. The fourth-order valence-electron chi connectivity index (χ4n) is 1.61. The zero-order valence-corrected chi connectivity index (χ0v) is 11.5. The van der Waals surface area contributed by atoms with Gasteiger partial charge in [-0.2, -0.15) is 0 Å². The van der Waals surface area contributed by atoms with Crippen molar-refractivity contribution < 1.29 is 22.7 Å². The lowest BCUT2D eigenvalue weighted by Gasteiger charge is -2.08. The third-order valence-corrected chi connectivity index (χ3v) is 4.09. The maximum Gasteiger partial charge on any atom is 0.335 e. The predicted molar refractivity (Wildman–Crippen MR) is 71.6 cm³/mol. The highest BCUT2D eigenvalue weighted by Gasteiger charge is 2.20. The number of aromatic nitrogens is 1. The number of rotatable bonds is 5. The fourth-order valence-corrected chi connectivity index (χ4v) is 2.69. The van der Waals surface area contributed by atoms with E-state index in [2.05, 4.69) is 9.71 Å². The van der Waals surface area contributed by atoms with Gasteiger partial charge in [-0.25, -0.2) is 22.3 Å². The van der Waals surface area contributed by atoms with E-state index < -0.39 is 26.7 Å². The van der Waals surface area contributed by atoms with E-state index in [1.165, 1.54) is 6.20 Å². The van der Waals surface area contributed by atoms with Crippen molar-refractivity contribution in [1.82, 2.24) is 9.71 Å². The molecule has 0 aliphatic heterocycles. The van der Waals surface area contributed by atoms with Gasteiger partial charge in [0.05, 0.1) is 5.56 Å². The van der Waals surface area contributed by atoms with Crippen LogP contribution in [0.1, 0.15) is 15.9 Å². The van der Waals surface area contributed by atoms with Gasteiger partial charge in [-0.3, -0.25) is 4.98 Å². The van der Waals surface area contributed by atoms with E-state index in [4.69, 9.17) is 5.11 Å². The van der Waals surface area contributed by atoms with Gasteiger partial charge >= 0.3 is 5.97 Å². The molecule has 21 heavy (non-hydrogen) atoms. The Kier molecular flexibility index (Phi) is 4.29. The normalized spacial score (nSPS) is 11.3. The lowest BCUT2D eigenvalue weighted by molar-refractivity contribution is 0.0696. The lowest BCUT2D eigenvalue weighted by atomic mass is 10.2. The van der Waals surface area contributed by atoms with Crippen LogP contribution < -0.4 is 4.72 Å². The van der Waals surface area contributed by atoms with E-state index in [1.807, 2.05) is 0 Å². The average Bonchev–Trinajstić information content (AvgIpc) is 2.46. The Bertz CT molecular complexity index is 763. The van der Waals surface area contributed by atoms with Crippen LogP contribution in [-0.2, 0) is 16.6 Å². The number of hydrogen-bond donors (Lipinski definition) is 2. The number of carboxylic acids is 1. The van der Waals surface area contributed by atoms with E-state index >= 15 is 0 Å². The van der Waals surface area contributed by atoms with Crippen molar-refractivity contribution in [2.75, 3.05) is 0 Å². The van der Waals surface area contributed by atoms with E-state index in [9.17, 15) is 17.6 Å². The molecule has 1 aromatic heterocycles. The van der Waals surface area contributed by atoms with Crippen LogP contribution in [0.2, 0.25) is 0 Å². The Morgan fingerprint density at radius 3 is 2.67 bits per heavy atom. The molecule has 1 heterocycles. The molecule has 0 saturated carbocycles. The van der Waals surface area contributed by atoms with Crippen LogP contribution in [0.4, 0.5) is 4.39 Å².